The van der Waals surface area contributed by atoms with Gasteiger partial charge in [-0.1, -0.05) is 6.07 Å². The number of carbonyl (C=O) groups excluding carboxylic acids is 1. The van der Waals surface area contributed by atoms with E-state index >= 15 is 0 Å². The molecule has 1 aromatic carbocycles. The smallest absolute Gasteiger partial charge is 0.298 e. The molecule has 1 amide bonds. The largest absolute Gasteiger partial charge is 0.423 e. The molecule has 0 saturated carbocycles. The lowest BCUT2D eigenvalue weighted by atomic mass is 10.2. The van der Waals surface area contributed by atoms with Crippen molar-refractivity contribution >= 4 is 23.0 Å². The van der Waals surface area contributed by atoms with Crippen LogP contribution in [0.4, 0.5) is 6.01 Å². The number of amides is 1. The van der Waals surface area contributed by atoms with Gasteiger partial charge in [0.25, 0.3) is 11.9 Å². The molecule has 3 aromatic rings. The Morgan fingerprint density at radius 1 is 1.11 bits per heavy atom. The first kappa shape index (κ1) is 17.6. The van der Waals surface area contributed by atoms with Crippen LogP contribution in [0, 0.1) is 20.8 Å². The molecule has 1 aliphatic rings. The molecule has 0 bridgehead atoms. The molecule has 3 heterocycles. The average molecular weight is 366 g/mol. The van der Waals surface area contributed by atoms with Gasteiger partial charge in [0.15, 0.2) is 5.58 Å². The highest BCUT2D eigenvalue weighted by Crippen LogP contribution is 2.24. The molecule has 0 aliphatic carbocycles. The normalized spacial score (nSPS) is 15.0. The summed E-state index contributed by atoms with van der Waals surface area (Å²) in [5.41, 5.74) is 5.87. The molecule has 27 heavy (non-hydrogen) atoms. The zero-order valence-electron chi connectivity index (χ0n) is 16.5. The molecule has 0 unspecified atom stereocenters. The first-order valence-corrected chi connectivity index (χ1v) is 9.56. The van der Waals surface area contributed by atoms with E-state index in [1.807, 2.05) is 43.0 Å². The third-order valence-corrected chi connectivity index (χ3v) is 5.49. The Kier molecular flexibility index (Phi) is 4.42. The molecule has 0 radical (unpaired) electrons. The lowest BCUT2D eigenvalue weighted by Gasteiger charge is -2.33. The van der Waals surface area contributed by atoms with E-state index in [2.05, 4.69) is 28.3 Å². The van der Waals surface area contributed by atoms with Crippen LogP contribution in [-0.4, -0.2) is 46.5 Å². The van der Waals surface area contributed by atoms with Crippen molar-refractivity contribution in [1.82, 2.24) is 14.5 Å². The number of nitrogens with zero attached hydrogens (tertiary/aromatic N) is 4. The molecule has 142 valence electrons. The molecule has 0 spiro atoms. The van der Waals surface area contributed by atoms with Crippen LogP contribution in [0.3, 0.4) is 0 Å². The molecule has 1 aliphatic heterocycles. The van der Waals surface area contributed by atoms with Gasteiger partial charge in [0.05, 0.1) is 5.56 Å². The van der Waals surface area contributed by atoms with Crippen LogP contribution >= 0.6 is 0 Å². The fraction of sp³-hybridized carbons (Fsp3) is 0.429. The monoisotopic (exact) mass is 366 g/mol. The van der Waals surface area contributed by atoms with Crippen molar-refractivity contribution in [1.29, 1.82) is 0 Å². The summed E-state index contributed by atoms with van der Waals surface area (Å²) in [6.07, 6.45) is 0. The molecule has 6 heteroatoms. The van der Waals surface area contributed by atoms with E-state index in [0.717, 1.165) is 47.7 Å². The van der Waals surface area contributed by atoms with Crippen LogP contribution in [0.1, 0.15) is 34.2 Å². The van der Waals surface area contributed by atoms with Crippen molar-refractivity contribution in [3.05, 3.63) is 46.8 Å². The quantitative estimate of drug-likeness (QED) is 0.711. The molecule has 1 fully saturated rings. The summed E-state index contributed by atoms with van der Waals surface area (Å²) in [4.78, 5) is 21.7. The maximum Gasteiger partial charge on any atom is 0.298 e. The summed E-state index contributed by atoms with van der Waals surface area (Å²) < 4.78 is 8.09. The first-order valence-electron chi connectivity index (χ1n) is 9.56. The van der Waals surface area contributed by atoms with Gasteiger partial charge in [-0.2, -0.15) is 4.98 Å². The van der Waals surface area contributed by atoms with E-state index in [-0.39, 0.29) is 5.91 Å². The van der Waals surface area contributed by atoms with E-state index < -0.39 is 0 Å². The van der Waals surface area contributed by atoms with Crippen LogP contribution in [0.15, 0.2) is 28.7 Å². The van der Waals surface area contributed by atoms with Gasteiger partial charge in [0, 0.05) is 44.1 Å². The number of benzene rings is 1. The Morgan fingerprint density at radius 2 is 1.85 bits per heavy atom. The van der Waals surface area contributed by atoms with Crippen LogP contribution in [-0.2, 0) is 6.54 Å². The molecule has 1 saturated heterocycles. The SMILES string of the molecule is CCn1c(C)cc(C(=O)N2CCN(c3nc4cc(C)ccc4o3)CC2)c1C. The number of hydrogen-bond acceptors (Lipinski definition) is 4. The molecule has 0 N–H and O–H groups in total. The van der Waals surface area contributed by atoms with Gasteiger partial charge in [0.1, 0.15) is 5.52 Å². The van der Waals surface area contributed by atoms with Crippen LogP contribution < -0.4 is 4.90 Å². The lowest BCUT2D eigenvalue weighted by Crippen LogP contribution is -2.49. The third kappa shape index (κ3) is 3.09. The zero-order valence-corrected chi connectivity index (χ0v) is 16.5. The first-order chi connectivity index (χ1) is 13.0. The van der Waals surface area contributed by atoms with E-state index in [0.29, 0.717) is 19.1 Å². The topological polar surface area (TPSA) is 54.5 Å². The molecule has 6 nitrogen and oxygen atoms in total. The zero-order chi connectivity index (χ0) is 19.1. The maximum atomic E-state index is 13.0. The van der Waals surface area contributed by atoms with Crippen molar-refractivity contribution in [2.45, 2.75) is 34.2 Å². The van der Waals surface area contributed by atoms with Gasteiger partial charge in [-0.3, -0.25) is 4.79 Å². The van der Waals surface area contributed by atoms with Gasteiger partial charge in [-0.25, -0.2) is 0 Å². The number of anilines is 1. The van der Waals surface area contributed by atoms with Gasteiger partial charge < -0.3 is 18.8 Å². The molecular weight excluding hydrogens is 340 g/mol. The van der Waals surface area contributed by atoms with Crippen molar-refractivity contribution in [3.63, 3.8) is 0 Å². The van der Waals surface area contributed by atoms with Crippen molar-refractivity contribution in [2.75, 3.05) is 31.1 Å². The predicted octanol–water partition coefficient (Wildman–Crippen LogP) is 3.54. The number of hydrogen-bond donors (Lipinski definition) is 0. The van der Waals surface area contributed by atoms with Crippen molar-refractivity contribution < 1.29 is 9.21 Å². The number of aromatic nitrogens is 2. The fourth-order valence-electron chi connectivity index (χ4n) is 3.94. The number of oxazole rings is 1. The average Bonchev–Trinajstić information content (AvgIpc) is 3.21. The van der Waals surface area contributed by atoms with Crippen LogP contribution in [0.25, 0.3) is 11.1 Å². The van der Waals surface area contributed by atoms with Gasteiger partial charge in [-0.15, -0.1) is 0 Å². The second-order valence-corrected chi connectivity index (χ2v) is 7.28. The predicted molar refractivity (Wildman–Crippen MR) is 106 cm³/mol. The number of aryl methyl sites for hydroxylation is 2. The van der Waals surface area contributed by atoms with Gasteiger partial charge in [-0.05, 0) is 51.5 Å². The molecule has 0 atom stereocenters. The minimum Gasteiger partial charge on any atom is -0.423 e. The van der Waals surface area contributed by atoms with Crippen LogP contribution in [0.5, 0.6) is 0 Å². The number of piperazine rings is 1. The van der Waals surface area contributed by atoms with Gasteiger partial charge in [0.2, 0.25) is 0 Å². The second kappa shape index (κ2) is 6.76. The van der Waals surface area contributed by atoms with E-state index in [1.54, 1.807) is 0 Å². The van der Waals surface area contributed by atoms with E-state index in [4.69, 9.17) is 4.42 Å². The Balaban J connectivity index is 1.47. The van der Waals surface area contributed by atoms with Crippen LogP contribution in [0.2, 0.25) is 0 Å². The standard InChI is InChI=1S/C21H26N4O2/c1-5-25-15(3)13-17(16(25)4)20(26)23-8-10-24(11-9-23)21-22-18-12-14(2)6-7-19(18)27-21/h6-7,12-13H,5,8-11H2,1-4H3. The Morgan fingerprint density at radius 3 is 2.52 bits per heavy atom. The number of rotatable bonds is 3. The highest BCUT2D eigenvalue weighted by molar-refractivity contribution is 5.96. The van der Waals surface area contributed by atoms with E-state index in [9.17, 15) is 4.79 Å². The van der Waals surface area contributed by atoms with Crippen molar-refractivity contribution in [2.24, 2.45) is 0 Å². The molecular formula is C21H26N4O2. The summed E-state index contributed by atoms with van der Waals surface area (Å²) in [7, 11) is 0. The summed E-state index contributed by atoms with van der Waals surface area (Å²) in [5.74, 6) is 0.121. The Labute approximate surface area is 159 Å². The fourth-order valence-corrected chi connectivity index (χ4v) is 3.94. The summed E-state index contributed by atoms with van der Waals surface area (Å²) in [5, 5.41) is 0. The third-order valence-electron chi connectivity index (χ3n) is 5.49. The minimum atomic E-state index is 0.121. The maximum absolute atomic E-state index is 13.0. The number of carbonyl (C=O) groups is 1. The Bertz CT molecular complexity index is 993. The molecule has 2 aromatic heterocycles. The second-order valence-electron chi connectivity index (χ2n) is 7.28. The minimum absolute atomic E-state index is 0.121. The molecule has 4 rings (SSSR count). The number of fused-ring (bicyclic) bond motifs is 1. The van der Waals surface area contributed by atoms with Gasteiger partial charge >= 0.3 is 0 Å². The highest BCUT2D eigenvalue weighted by atomic mass is 16.4. The summed E-state index contributed by atoms with van der Waals surface area (Å²) >= 11 is 0. The summed E-state index contributed by atoms with van der Waals surface area (Å²) in [6, 6.07) is 8.68. The van der Waals surface area contributed by atoms with Crippen molar-refractivity contribution in [3.8, 4) is 0 Å². The summed E-state index contributed by atoms with van der Waals surface area (Å²) in [6.45, 7) is 11.9. The highest BCUT2D eigenvalue weighted by Gasteiger charge is 2.26. The van der Waals surface area contributed by atoms with E-state index in [1.165, 1.54) is 5.56 Å². The Hall–Kier alpha value is -2.76. The lowest BCUT2D eigenvalue weighted by molar-refractivity contribution is 0.0744.